The first-order valence-corrected chi connectivity index (χ1v) is 13.1. The van der Waals surface area contributed by atoms with Gasteiger partial charge >= 0.3 is 0 Å². The molecule has 1 aliphatic rings. The van der Waals surface area contributed by atoms with E-state index in [0.717, 1.165) is 22.4 Å². The Labute approximate surface area is 207 Å². The van der Waals surface area contributed by atoms with Crippen LogP contribution in [-0.4, -0.2) is 44.9 Å². The van der Waals surface area contributed by atoms with Crippen LogP contribution in [0.2, 0.25) is 0 Å². The second-order valence-electron chi connectivity index (χ2n) is 8.66. The number of amides is 1. The van der Waals surface area contributed by atoms with E-state index in [0.29, 0.717) is 31.9 Å². The normalized spacial score (nSPS) is 15.5. The molecular weight excluding hydrogens is 462 g/mol. The highest BCUT2D eigenvalue weighted by Crippen LogP contribution is 2.24. The van der Waals surface area contributed by atoms with Gasteiger partial charge in [0, 0.05) is 25.3 Å². The number of nitrogens with zero attached hydrogens (tertiary/aromatic N) is 1. The van der Waals surface area contributed by atoms with Crippen molar-refractivity contribution in [2.75, 3.05) is 31.6 Å². The molecule has 1 fully saturated rings. The van der Waals surface area contributed by atoms with Crippen molar-refractivity contribution in [3.8, 4) is 0 Å². The fourth-order valence-electron chi connectivity index (χ4n) is 4.12. The number of nitrogens with one attached hydrogen (secondary N) is 2. The standard InChI is InChI=1S/C27H31N3O4S/c1-20-12-13-21(2)24(18-20)29-27(31)26(22-8-4-3-5-9-22)28-19-23-10-6-7-11-25(23)35(32,33)30-14-16-34-17-15-30/h3-13,18,26,28H,14-17,19H2,1-2H3,(H,29,31)/t26-/m0/s1. The molecule has 0 aliphatic carbocycles. The van der Waals surface area contributed by atoms with Gasteiger partial charge in [0.2, 0.25) is 15.9 Å². The van der Waals surface area contributed by atoms with Gasteiger partial charge in [-0.2, -0.15) is 4.31 Å². The number of aryl methyl sites for hydroxylation is 2. The van der Waals surface area contributed by atoms with Gasteiger partial charge in [-0.15, -0.1) is 0 Å². The first-order chi connectivity index (χ1) is 16.9. The van der Waals surface area contributed by atoms with Gasteiger partial charge in [-0.1, -0.05) is 60.7 Å². The molecule has 2 N–H and O–H groups in total. The Bertz CT molecular complexity index is 1270. The Balaban J connectivity index is 1.59. The molecular formula is C27H31N3O4S. The number of ether oxygens (including phenoxy) is 1. The van der Waals surface area contributed by atoms with Crippen LogP contribution in [0.5, 0.6) is 0 Å². The number of morpholine rings is 1. The van der Waals surface area contributed by atoms with Crippen molar-refractivity contribution in [1.29, 1.82) is 0 Å². The van der Waals surface area contributed by atoms with Crippen molar-refractivity contribution in [1.82, 2.24) is 9.62 Å². The molecule has 0 bridgehead atoms. The molecule has 3 aromatic carbocycles. The minimum atomic E-state index is -3.67. The van der Waals surface area contributed by atoms with E-state index in [9.17, 15) is 13.2 Å². The fourth-order valence-corrected chi connectivity index (χ4v) is 5.75. The molecule has 3 aromatic rings. The Morgan fingerprint density at radius 3 is 2.40 bits per heavy atom. The summed E-state index contributed by atoms with van der Waals surface area (Å²) >= 11 is 0. The van der Waals surface area contributed by atoms with E-state index in [1.165, 1.54) is 4.31 Å². The summed E-state index contributed by atoms with van der Waals surface area (Å²) in [6, 6.07) is 21.6. The van der Waals surface area contributed by atoms with Crippen LogP contribution in [0.1, 0.15) is 28.3 Å². The van der Waals surface area contributed by atoms with Crippen molar-refractivity contribution < 1.29 is 17.9 Å². The first-order valence-electron chi connectivity index (χ1n) is 11.7. The molecule has 0 aromatic heterocycles. The summed E-state index contributed by atoms with van der Waals surface area (Å²) in [5.41, 5.74) is 4.19. The quantitative estimate of drug-likeness (QED) is 0.499. The third-order valence-electron chi connectivity index (χ3n) is 6.10. The summed E-state index contributed by atoms with van der Waals surface area (Å²) in [6.45, 7) is 5.56. The summed E-state index contributed by atoms with van der Waals surface area (Å²) in [4.78, 5) is 13.7. The van der Waals surface area contributed by atoms with Gasteiger partial charge < -0.3 is 10.1 Å². The molecule has 0 saturated carbocycles. The van der Waals surface area contributed by atoms with Crippen molar-refractivity contribution in [3.63, 3.8) is 0 Å². The fraction of sp³-hybridized carbons (Fsp3) is 0.296. The van der Waals surface area contributed by atoms with Crippen LogP contribution in [0.3, 0.4) is 0 Å². The van der Waals surface area contributed by atoms with Crippen molar-refractivity contribution in [2.24, 2.45) is 0 Å². The zero-order valence-electron chi connectivity index (χ0n) is 20.0. The summed E-state index contributed by atoms with van der Waals surface area (Å²) in [6.07, 6.45) is 0. The van der Waals surface area contributed by atoms with E-state index in [2.05, 4.69) is 10.6 Å². The van der Waals surface area contributed by atoms with Crippen molar-refractivity contribution in [3.05, 3.63) is 95.1 Å². The van der Waals surface area contributed by atoms with Gasteiger partial charge in [-0.05, 0) is 48.2 Å². The van der Waals surface area contributed by atoms with E-state index in [-0.39, 0.29) is 17.3 Å². The number of anilines is 1. The Morgan fingerprint density at radius 2 is 1.66 bits per heavy atom. The van der Waals surface area contributed by atoms with E-state index < -0.39 is 16.1 Å². The average Bonchev–Trinajstić information content (AvgIpc) is 2.88. The van der Waals surface area contributed by atoms with E-state index >= 15 is 0 Å². The van der Waals surface area contributed by atoms with Gasteiger partial charge in [0.15, 0.2) is 0 Å². The van der Waals surface area contributed by atoms with Gasteiger partial charge in [-0.3, -0.25) is 10.1 Å². The average molecular weight is 494 g/mol. The number of rotatable bonds is 8. The molecule has 1 saturated heterocycles. The zero-order chi connectivity index (χ0) is 24.8. The highest BCUT2D eigenvalue weighted by molar-refractivity contribution is 7.89. The lowest BCUT2D eigenvalue weighted by molar-refractivity contribution is -0.118. The third-order valence-corrected chi connectivity index (χ3v) is 8.10. The Morgan fingerprint density at radius 1 is 0.971 bits per heavy atom. The second kappa shape index (κ2) is 11.1. The number of carbonyl (C=O) groups excluding carboxylic acids is 1. The van der Waals surface area contributed by atoms with Gasteiger partial charge in [-0.25, -0.2) is 8.42 Å². The number of benzene rings is 3. The van der Waals surface area contributed by atoms with E-state index in [1.54, 1.807) is 18.2 Å². The number of carbonyl (C=O) groups is 1. The largest absolute Gasteiger partial charge is 0.379 e. The summed E-state index contributed by atoms with van der Waals surface area (Å²) in [5, 5.41) is 6.34. The SMILES string of the molecule is Cc1ccc(C)c(NC(=O)[C@@H](NCc2ccccc2S(=O)(=O)N2CCOCC2)c2ccccc2)c1. The lowest BCUT2D eigenvalue weighted by Gasteiger charge is -2.27. The lowest BCUT2D eigenvalue weighted by atomic mass is 10.0. The monoisotopic (exact) mass is 493 g/mol. The zero-order valence-corrected chi connectivity index (χ0v) is 20.8. The topological polar surface area (TPSA) is 87.7 Å². The molecule has 184 valence electrons. The molecule has 0 spiro atoms. The minimum Gasteiger partial charge on any atom is -0.379 e. The molecule has 0 unspecified atom stereocenters. The Kier molecular flexibility index (Phi) is 7.97. The maximum Gasteiger partial charge on any atom is 0.246 e. The van der Waals surface area contributed by atoms with Gasteiger partial charge in [0.1, 0.15) is 6.04 Å². The molecule has 1 amide bonds. The van der Waals surface area contributed by atoms with E-state index in [4.69, 9.17) is 4.74 Å². The van der Waals surface area contributed by atoms with Crippen LogP contribution in [0, 0.1) is 13.8 Å². The maximum absolute atomic E-state index is 13.4. The number of hydrogen-bond acceptors (Lipinski definition) is 5. The first kappa shape index (κ1) is 25.1. The van der Waals surface area contributed by atoms with Crippen LogP contribution in [-0.2, 0) is 26.1 Å². The maximum atomic E-state index is 13.4. The molecule has 1 heterocycles. The summed E-state index contributed by atoms with van der Waals surface area (Å²) in [5.74, 6) is -0.210. The second-order valence-corrected chi connectivity index (χ2v) is 10.6. The summed E-state index contributed by atoms with van der Waals surface area (Å²) in [7, 11) is -3.67. The molecule has 8 heteroatoms. The van der Waals surface area contributed by atoms with Crippen LogP contribution >= 0.6 is 0 Å². The lowest BCUT2D eigenvalue weighted by Crippen LogP contribution is -2.41. The number of sulfonamides is 1. The van der Waals surface area contributed by atoms with Gasteiger partial charge in [0.25, 0.3) is 0 Å². The van der Waals surface area contributed by atoms with Crippen LogP contribution in [0.4, 0.5) is 5.69 Å². The molecule has 4 rings (SSSR count). The predicted octanol–water partition coefficient (Wildman–Crippen LogP) is 3.79. The van der Waals surface area contributed by atoms with E-state index in [1.807, 2.05) is 68.4 Å². The Hall–Kier alpha value is -3.04. The summed E-state index contributed by atoms with van der Waals surface area (Å²) < 4.78 is 33.4. The molecule has 7 nitrogen and oxygen atoms in total. The van der Waals surface area contributed by atoms with Crippen LogP contribution < -0.4 is 10.6 Å². The molecule has 1 aliphatic heterocycles. The van der Waals surface area contributed by atoms with Crippen LogP contribution in [0.15, 0.2) is 77.7 Å². The van der Waals surface area contributed by atoms with Crippen molar-refractivity contribution in [2.45, 2.75) is 31.3 Å². The highest BCUT2D eigenvalue weighted by Gasteiger charge is 2.29. The minimum absolute atomic E-state index is 0.208. The van der Waals surface area contributed by atoms with Crippen LogP contribution in [0.25, 0.3) is 0 Å². The van der Waals surface area contributed by atoms with Crippen molar-refractivity contribution >= 4 is 21.6 Å². The third kappa shape index (κ3) is 5.97. The molecule has 1 atom stereocenters. The van der Waals surface area contributed by atoms with Gasteiger partial charge in [0.05, 0.1) is 18.1 Å². The molecule has 35 heavy (non-hydrogen) atoms. The molecule has 0 radical (unpaired) electrons. The number of hydrogen-bond donors (Lipinski definition) is 2. The predicted molar refractivity (Wildman–Crippen MR) is 137 cm³/mol. The smallest absolute Gasteiger partial charge is 0.246 e. The highest BCUT2D eigenvalue weighted by atomic mass is 32.2.